The lowest BCUT2D eigenvalue weighted by molar-refractivity contribution is -0.122. The van der Waals surface area contributed by atoms with Crippen LogP contribution in [0.1, 0.15) is 41.8 Å². The number of carbonyl (C=O) groups excluding carboxylic acids is 1. The maximum atomic E-state index is 13.3. The molecule has 39 heavy (non-hydrogen) atoms. The number of hydrogen-bond donors (Lipinski definition) is 1. The Bertz CT molecular complexity index is 1420. The molecule has 1 aliphatic heterocycles. The third kappa shape index (κ3) is 7.23. The maximum Gasteiger partial charge on any atom is 0.335 e. The highest BCUT2D eigenvalue weighted by molar-refractivity contribution is 9.10. The Morgan fingerprint density at radius 1 is 1.08 bits per heavy atom. The molecule has 0 radical (unpaired) electrons. The Hall–Kier alpha value is -3.27. The van der Waals surface area contributed by atoms with E-state index in [1.54, 1.807) is 35.2 Å². The van der Waals surface area contributed by atoms with Gasteiger partial charge in [-0.05, 0) is 90.8 Å². The molecule has 0 bridgehead atoms. The SMILES string of the molecule is CCCN1C(=O)/C(=C/c2cc(OCC)c(OCc3ccc(C(=O)O)cc3)cc2Br)SC1=Nc1ccc(Cl)cc1. The number of halogens is 2. The summed E-state index contributed by atoms with van der Waals surface area (Å²) in [6.45, 7) is 5.12. The molecular weight excluding hydrogens is 604 g/mol. The first-order valence-corrected chi connectivity index (χ1v) is 14.2. The number of carboxylic acid groups (broad SMARTS) is 1. The molecule has 7 nitrogen and oxygen atoms in total. The molecule has 1 fully saturated rings. The summed E-state index contributed by atoms with van der Waals surface area (Å²) in [5.41, 5.74) is 2.51. The molecule has 0 saturated carbocycles. The number of nitrogens with zero attached hydrogens (tertiary/aromatic N) is 2. The van der Waals surface area contributed by atoms with Crippen LogP contribution < -0.4 is 9.47 Å². The highest BCUT2D eigenvalue weighted by Crippen LogP contribution is 2.39. The predicted molar refractivity (Wildman–Crippen MR) is 159 cm³/mol. The smallest absolute Gasteiger partial charge is 0.335 e. The lowest BCUT2D eigenvalue weighted by atomic mass is 10.1. The van der Waals surface area contributed by atoms with E-state index in [0.29, 0.717) is 39.7 Å². The minimum absolute atomic E-state index is 0.107. The van der Waals surface area contributed by atoms with E-state index in [1.807, 2.05) is 38.1 Å². The number of carbonyl (C=O) groups is 2. The van der Waals surface area contributed by atoms with Gasteiger partial charge in [-0.2, -0.15) is 0 Å². The zero-order valence-corrected chi connectivity index (χ0v) is 24.5. The Balaban J connectivity index is 1.59. The second kappa shape index (κ2) is 13.2. The van der Waals surface area contributed by atoms with Gasteiger partial charge in [0.25, 0.3) is 5.91 Å². The van der Waals surface area contributed by atoms with Gasteiger partial charge in [-0.3, -0.25) is 9.69 Å². The van der Waals surface area contributed by atoms with Gasteiger partial charge in [0.15, 0.2) is 16.7 Å². The van der Waals surface area contributed by atoms with Crippen LogP contribution in [0.2, 0.25) is 5.02 Å². The van der Waals surface area contributed by atoms with E-state index in [-0.39, 0.29) is 18.1 Å². The van der Waals surface area contributed by atoms with Gasteiger partial charge in [0, 0.05) is 16.0 Å². The maximum absolute atomic E-state index is 13.3. The van der Waals surface area contributed by atoms with Crippen molar-refractivity contribution in [1.82, 2.24) is 4.90 Å². The Morgan fingerprint density at radius 3 is 2.41 bits per heavy atom. The van der Waals surface area contributed by atoms with Crippen molar-refractivity contribution in [2.45, 2.75) is 26.9 Å². The van der Waals surface area contributed by atoms with Gasteiger partial charge >= 0.3 is 5.97 Å². The van der Waals surface area contributed by atoms with Crippen molar-refractivity contribution >= 4 is 68.1 Å². The minimum atomic E-state index is -0.977. The molecule has 0 atom stereocenters. The van der Waals surface area contributed by atoms with E-state index in [0.717, 1.165) is 27.7 Å². The van der Waals surface area contributed by atoms with Crippen LogP contribution in [0.25, 0.3) is 6.08 Å². The molecule has 0 spiro atoms. The van der Waals surface area contributed by atoms with Crippen LogP contribution in [0.15, 0.2) is 75.0 Å². The average Bonchev–Trinajstić information content (AvgIpc) is 3.20. The fraction of sp³-hybridized carbons (Fsp3) is 0.207. The third-order valence-electron chi connectivity index (χ3n) is 5.63. The molecule has 1 aliphatic rings. The fourth-order valence-corrected chi connectivity index (χ4v) is 5.31. The second-order valence-corrected chi connectivity index (χ2v) is 10.8. The number of hydrogen-bond acceptors (Lipinski definition) is 6. The third-order valence-corrected chi connectivity index (χ3v) is 7.58. The molecular formula is C29H26BrClN2O5S. The summed E-state index contributed by atoms with van der Waals surface area (Å²) in [7, 11) is 0. The van der Waals surface area contributed by atoms with Crippen LogP contribution in [0.5, 0.6) is 11.5 Å². The van der Waals surface area contributed by atoms with Crippen LogP contribution >= 0.6 is 39.3 Å². The summed E-state index contributed by atoms with van der Waals surface area (Å²) in [6, 6.07) is 17.3. The van der Waals surface area contributed by atoms with Crippen molar-refractivity contribution in [2.24, 2.45) is 4.99 Å². The first kappa shape index (κ1) is 28.7. The van der Waals surface area contributed by atoms with E-state index in [1.165, 1.54) is 23.9 Å². The molecule has 3 aromatic rings. The highest BCUT2D eigenvalue weighted by atomic mass is 79.9. The van der Waals surface area contributed by atoms with Gasteiger partial charge in [-0.1, -0.05) is 46.6 Å². The van der Waals surface area contributed by atoms with Gasteiger partial charge in [0.1, 0.15) is 6.61 Å². The molecule has 0 aliphatic carbocycles. The monoisotopic (exact) mass is 628 g/mol. The largest absolute Gasteiger partial charge is 0.490 e. The summed E-state index contributed by atoms with van der Waals surface area (Å²) >= 11 is 10.9. The molecule has 1 N–H and O–H groups in total. The van der Waals surface area contributed by atoms with Crippen molar-refractivity contribution in [3.05, 3.63) is 91.8 Å². The lowest BCUT2D eigenvalue weighted by Gasteiger charge is -2.15. The molecule has 202 valence electrons. The molecule has 4 rings (SSSR count). The normalized spacial score (nSPS) is 15.3. The summed E-state index contributed by atoms with van der Waals surface area (Å²) in [4.78, 5) is 31.3. The zero-order chi connectivity index (χ0) is 27.9. The van der Waals surface area contributed by atoms with E-state index >= 15 is 0 Å². The van der Waals surface area contributed by atoms with Gasteiger partial charge in [-0.15, -0.1) is 0 Å². The van der Waals surface area contributed by atoms with Crippen LogP contribution in [-0.2, 0) is 11.4 Å². The summed E-state index contributed by atoms with van der Waals surface area (Å²) in [6.07, 6.45) is 2.61. The van der Waals surface area contributed by atoms with E-state index in [4.69, 9.17) is 26.2 Å². The number of aromatic carboxylic acids is 1. The topological polar surface area (TPSA) is 88.4 Å². The van der Waals surface area contributed by atoms with Gasteiger partial charge in [-0.25, -0.2) is 9.79 Å². The number of carboxylic acids is 1. The second-order valence-electron chi connectivity index (χ2n) is 8.48. The number of benzene rings is 3. The molecule has 3 aromatic carbocycles. The molecule has 1 saturated heterocycles. The lowest BCUT2D eigenvalue weighted by Crippen LogP contribution is -2.29. The molecule has 1 heterocycles. The van der Waals surface area contributed by atoms with Crippen LogP contribution in [0.4, 0.5) is 5.69 Å². The summed E-state index contributed by atoms with van der Waals surface area (Å²) in [5, 5.41) is 10.3. The van der Waals surface area contributed by atoms with E-state index < -0.39 is 5.97 Å². The van der Waals surface area contributed by atoms with Crippen molar-refractivity contribution in [3.63, 3.8) is 0 Å². The molecule has 10 heteroatoms. The van der Waals surface area contributed by atoms with Crippen molar-refractivity contribution in [3.8, 4) is 11.5 Å². The number of amidine groups is 1. The van der Waals surface area contributed by atoms with Crippen molar-refractivity contribution in [2.75, 3.05) is 13.2 Å². The van der Waals surface area contributed by atoms with Crippen LogP contribution in [0.3, 0.4) is 0 Å². The predicted octanol–water partition coefficient (Wildman–Crippen LogP) is 7.79. The van der Waals surface area contributed by atoms with Crippen molar-refractivity contribution < 1.29 is 24.2 Å². The van der Waals surface area contributed by atoms with Gasteiger partial charge in [0.2, 0.25) is 0 Å². The highest BCUT2D eigenvalue weighted by Gasteiger charge is 2.33. The van der Waals surface area contributed by atoms with Crippen molar-refractivity contribution in [1.29, 1.82) is 0 Å². The van der Waals surface area contributed by atoms with Crippen LogP contribution in [0, 0.1) is 0 Å². The average molecular weight is 630 g/mol. The van der Waals surface area contributed by atoms with E-state index in [9.17, 15) is 9.59 Å². The molecule has 0 unspecified atom stereocenters. The number of amides is 1. The Morgan fingerprint density at radius 2 is 1.77 bits per heavy atom. The molecule has 1 amide bonds. The fourth-order valence-electron chi connectivity index (χ4n) is 3.73. The van der Waals surface area contributed by atoms with E-state index in [2.05, 4.69) is 20.9 Å². The van der Waals surface area contributed by atoms with Crippen LogP contribution in [-0.4, -0.2) is 40.2 Å². The van der Waals surface area contributed by atoms with Gasteiger partial charge in [0.05, 0.1) is 22.8 Å². The standard InChI is InChI=1S/C29H26BrClN2O5S/c1-3-13-33-27(34)26(39-29(33)32-22-11-9-21(31)10-12-22)15-20-14-24(37-4-2)25(16-23(20)30)38-17-18-5-7-19(8-6-18)28(35)36/h5-12,14-16H,3-4,13,17H2,1-2H3,(H,35,36)/b26-15-,32-29?. The summed E-state index contributed by atoms with van der Waals surface area (Å²) in [5.74, 6) is -0.0267. The van der Waals surface area contributed by atoms with Gasteiger partial charge < -0.3 is 14.6 Å². The zero-order valence-electron chi connectivity index (χ0n) is 21.3. The number of thioether (sulfide) groups is 1. The number of rotatable bonds is 10. The first-order valence-electron chi connectivity index (χ1n) is 12.3. The quantitative estimate of drug-likeness (QED) is 0.230. The molecule has 0 aromatic heterocycles. The number of ether oxygens (including phenoxy) is 2. The number of aliphatic imine (C=N–C) groups is 1. The summed E-state index contributed by atoms with van der Waals surface area (Å²) < 4.78 is 12.6. The Kier molecular flexibility index (Phi) is 9.72. The minimum Gasteiger partial charge on any atom is -0.490 e. The Labute approximate surface area is 244 Å². The first-order chi connectivity index (χ1) is 18.8.